The molecule has 1 aromatic heterocycles. The minimum absolute atomic E-state index is 0.0489. The van der Waals surface area contributed by atoms with Gasteiger partial charge in [-0.3, -0.25) is 9.69 Å². The maximum Gasteiger partial charge on any atom is 0.245 e. The van der Waals surface area contributed by atoms with E-state index in [2.05, 4.69) is 20.1 Å². The van der Waals surface area contributed by atoms with E-state index in [-0.39, 0.29) is 17.6 Å². The predicted octanol–water partition coefficient (Wildman–Crippen LogP) is 3.77. The van der Waals surface area contributed by atoms with Crippen LogP contribution in [0.5, 0.6) is 0 Å². The number of anilines is 1. The number of nitrogens with one attached hydrogen (secondary N) is 1. The summed E-state index contributed by atoms with van der Waals surface area (Å²) >= 11 is 0. The average molecular weight is 392 g/mol. The number of carbonyl (C=O) groups is 1. The number of hydrogen-bond acceptors (Lipinski definition) is 4. The molecule has 0 spiro atoms. The molecule has 1 amide bonds. The van der Waals surface area contributed by atoms with E-state index in [0.29, 0.717) is 6.42 Å². The lowest BCUT2D eigenvalue weighted by molar-refractivity contribution is -0.127. The number of halogens is 2. The number of amides is 1. The van der Waals surface area contributed by atoms with Crippen LogP contribution in [0.25, 0.3) is 0 Å². The van der Waals surface area contributed by atoms with Gasteiger partial charge in [-0.15, -0.1) is 0 Å². The molecule has 0 saturated carbocycles. The third-order valence-electron chi connectivity index (χ3n) is 5.07. The molecule has 1 aliphatic rings. The number of pyridine rings is 1. The second-order valence-corrected chi connectivity index (χ2v) is 7.42. The molecule has 1 aliphatic heterocycles. The van der Waals surface area contributed by atoms with Gasteiger partial charge >= 0.3 is 0 Å². The Hall–Kier alpha value is -2.12. The highest BCUT2D eigenvalue weighted by Crippen LogP contribution is 2.20. The Kier molecular flexibility index (Phi) is 8.26. The molecule has 154 valence electrons. The van der Waals surface area contributed by atoms with Crippen molar-refractivity contribution in [3.05, 3.63) is 48.2 Å². The van der Waals surface area contributed by atoms with E-state index in [0.717, 1.165) is 39.1 Å². The van der Waals surface area contributed by atoms with Crippen LogP contribution in [0.15, 0.2) is 42.4 Å². The van der Waals surface area contributed by atoms with Crippen LogP contribution in [0, 0.1) is 5.82 Å². The van der Waals surface area contributed by atoms with Crippen molar-refractivity contribution in [3.8, 4) is 0 Å². The van der Waals surface area contributed by atoms with Gasteiger partial charge in [-0.1, -0.05) is 12.2 Å². The topological polar surface area (TPSA) is 48.5 Å². The third-order valence-corrected chi connectivity index (χ3v) is 5.07. The standard InChI is InChI=1S/C21H30F2N4O/c1-4-5-8-17(22)9-7-12-26-13-15-27(16-14-26)21(2,3)20(28)25-19-18(23)10-6-11-24-19/h4-6,8,10-11H,7,9,12-16H2,1-3H3,(H,24,25,28)/b5-4-,17-8+. The number of aromatic nitrogens is 1. The summed E-state index contributed by atoms with van der Waals surface area (Å²) in [7, 11) is 0. The van der Waals surface area contributed by atoms with Crippen molar-refractivity contribution in [2.75, 3.05) is 38.0 Å². The summed E-state index contributed by atoms with van der Waals surface area (Å²) in [6.45, 7) is 9.43. The van der Waals surface area contributed by atoms with Crippen LogP contribution in [-0.2, 0) is 4.79 Å². The fraction of sp³-hybridized carbons (Fsp3) is 0.524. The summed E-state index contributed by atoms with van der Waals surface area (Å²) in [5.74, 6) is -0.981. The van der Waals surface area contributed by atoms with Crippen LogP contribution < -0.4 is 5.32 Å². The smallest absolute Gasteiger partial charge is 0.245 e. The van der Waals surface area contributed by atoms with E-state index in [9.17, 15) is 13.6 Å². The van der Waals surface area contributed by atoms with Crippen LogP contribution in [-0.4, -0.2) is 59.0 Å². The van der Waals surface area contributed by atoms with Crippen molar-refractivity contribution < 1.29 is 13.6 Å². The Morgan fingerprint density at radius 3 is 2.68 bits per heavy atom. The van der Waals surface area contributed by atoms with Gasteiger partial charge in [0.05, 0.1) is 11.4 Å². The van der Waals surface area contributed by atoms with Crippen molar-refractivity contribution in [2.45, 2.75) is 39.2 Å². The first kappa shape index (κ1) is 22.2. The van der Waals surface area contributed by atoms with Gasteiger partial charge in [-0.25, -0.2) is 13.8 Å². The summed E-state index contributed by atoms with van der Waals surface area (Å²) in [5.41, 5.74) is -0.780. The van der Waals surface area contributed by atoms with Gasteiger partial charge in [0, 0.05) is 38.8 Å². The highest BCUT2D eigenvalue weighted by Gasteiger charge is 2.36. The molecule has 28 heavy (non-hydrogen) atoms. The van der Waals surface area contributed by atoms with Gasteiger partial charge in [0.2, 0.25) is 5.91 Å². The Bertz CT molecular complexity index is 710. The molecule has 1 fully saturated rings. The van der Waals surface area contributed by atoms with Gasteiger partial charge in [0.25, 0.3) is 0 Å². The van der Waals surface area contributed by atoms with Crippen LogP contribution in [0.2, 0.25) is 0 Å². The van der Waals surface area contributed by atoms with Crippen LogP contribution in [0.4, 0.5) is 14.6 Å². The van der Waals surface area contributed by atoms with E-state index in [4.69, 9.17) is 0 Å². The summed E-state index contributed by atoms with van der Waals surface area (Å²) in [6, 6.07) is 2.75. The lowest BCUT2D eigenvalue weighted by atomic mass is 10.00. The molecule has 0 atom stereocenters. The zero-order valence-electron chi connectivity index (χ0n) is 16.9. The van der Waals surface area contributed by atoms with Crippen LogP contribution in [0.1, 0.15) is 33.6 Å². The van der Waals surface area contributed by atoms with Crippen LogP contribution in [0.3, 0.4) is 0 Å². The van der Waals surface area contributed by atoms with E-state index in [1.807, 2.05) is 20.8 Å². The fourth-order valence-electron chi connectivity index (χ4n) is 3.17. The average Bonchev–Trinajstić information content (AvgIpc) is 2.68. The molecule has 0 aromatic carbocycles. The minimum atomic E-state index is -0.780. The van der Waals surface area contributed by atoms with Crippen LogP contribution >= 0.6 is 0 Å². The second-order valence-electron chi connectivity index (χ2n) is 7.42. The SMILES string of the molecule is C/C=C\C=C(\F)CCCN1CCN(C(C)(C)C(=O)Nc2ncccc2F)CC1. The van der Waals surface area contributed by atoms with E-state index >= 15 is 0 Å². The molecule has 0 unspecified atom stereocenters. The van der Waals surface area contributed by atoms with Gasteiger partial charge in [0.15, 0.2) is 11.6 Å². The molecular weight excluding hydrogens is 362 g/mol. The summed E-state index contributed by atoms with van der Waals surface area (Å²) in [4.78, 5) is 20.9. The highest BCUT2D eigenvalue weighted by atomic mass is 19.1. The van der Waals surface area contributed by atoms with Crippen molar-refractivity contribution in [1.82, 2.24) is 14.8 Å². The van der Waals surface area contributed by atoms with E-state index in [1.165, 1.54) is 24.4 Å². The van der Waals surface area contributed by atoms with E-state index < -0.39 is 11.4 Å². The summed E-state index contributed by atoms with van der Waals surface area (Å²) in [6.07, 6.45) is 7.67. The number of hydrogen-bond donors (Lipinski definition) is 1. The fourth-order valence-corrected chi connectivity index (χ4v) is 3.17. The second kappa shape index (κ2) is 10.4. The molecule has 1 saturated heterocycles. The third kappa shape index (κ3) is 6.21. The van der Waals surface area contributed by atoms with Gasteiger partial charge in [-0.05, 0) is 51.9 Å². The lowest BCUT2D eigenvalue weighted by Crippen LogP contribution is -2.59. The summed E-state index contributed by atoms with van der Waals surface area (Å²) in [5, 5.41) is 2.59. The van der Waals surface area contributed by atoms with Gasteiger partial charge in [-0.2, -0.15) is 0 Å². The predicted molar refractivity (Wildman–Crippen MR) is 108 cm³/mol. The Labute approximate surface area is 166 Å². The number of allylic oxidation sites excluding steroid dienone is 4. The Morgan fingerprint density at radius 2 is 2.04 bits per heavy atom. The first-order valence-electron chi connectivity index (χ1n) is 9.71. The molecule has 2 rings (SSSR count). The maximum atomic E-state index is 13.7. The molecule has 0 aliphatic carbocycles. The first-order chi connectivity index (χ1) is 13.3. The maximum absolute atomic E-state index is 13.7. The molecule has 1 aromatic rings. The highest BCUT2D eigenvalue weighted by molar-refractivity contribution is 5.96. The molecule has 5 nitrogen and oxygen atoms in total. The number of rotatable bonds is 8. The largest absolute Gasteiger partial charge is 0.307 e. The van der Waals surface area contributed by atoms with Crippen molar-refractivity contribution >= 4 is 11.7 Å². The number of carbonyl (C=O) groups excluding carboxylic acids is 1. The Balaban J connectivity index is 1.81. The molecule has 7 heteroatoms. The van der Waals surface area contributed by atoms with Gasteiger partial charge in [0.1, 0.15) is 0 Å². The van der Waals surface area contributed by atoms with Crippen molar-refractivity contribution in [3.63, 3.8) is 0 Å². The summed E-state index contributed by atoms with van der Waals surface area (Å²) < 4.78 is 27.3. The monoisotopic (exact) mass is 392 g/mol. The Morgan fingerprint density at radius 1 is 1.32 bits per heavy atom. The quantitative estimate of drug-likeness (QED) is 0.685. The zero-order chi connectivity index (χ0) is 20.6. The van der Waals surface area contributed by atoms with Gasteiger partial charge < -0.3 is 10.2 Å². The van der Waals surface area contributed by atoms with Crippen molar-refractivity contribution in [1.29, 1.82) is 0 Å². The van der Waals surface area contributed by atoms with E-state index in [1.54, 1.807) is 12.2 Å². The molecule has 2 heterocycles. The first-order valence-corrected chi connectivity index (χ1v) is 9.71. The normalized spacial score (nSPS) is 17.2. The number of nitrogens with zero attached hydrogens (tertiary/aromatic N) is 3. The zero-order valence-corrected chi connectivity index (χ0v) is 16.9. The molecular formula is C21H30F2N4O. The minimum Gasteiger partial charge on any atom is -0.307 e. The van der Waals surface area contributed by atoms with Crippen molar-refractivity contribution in [2.24, 2.45) is 0 Å². The number of piperazine rings is 1. The molecule has 0 radical (unpaired) electrons. The molecule has 0 bridgehead atoms. The molecule has 1 N–H and O–H groups in total. The lowest BCUT2D eigenvalue weighted by Gasteiger charge is -2.43.